The summed E-state index contributed by atoms with van der Waals surface area (Å²) in [5, 5.41) is 12.1. The second kappa shape index (κ2) is 5.92. The van der Waals surface area contributed by atoms with Gasteiger partial charge in [0.2, 0.25) is 0 Å². The van der Waals surface area contributed by atoms with Gasteiger partial charge in [-0.3, -0.25) is 0 Å². The van der Waals surface area contributed by atoms with Crippen LogP contribution in [0.2, 0.25) is 0 Å². The molecule has 0 aliphatic carbocycles. The Morgan fingerprint density at radius 3 is 2.75 bits per heavy atom. The fraction of sp³-hybridized carbons (Fsp3) is 0.143. The van der Waals surface area contributed by atoms with E-state index in [2.05, 4.69) is 26.2 Å². The molecule has 0 saturated heterocycles. The standard InChI is InChI=1S/C14H13BrN2O3/c1-8-5-9(14(18)19)6-13(16-8)17-10-3-4-11(15)12(7-10)20-2/h3-7H,1-2H3,(H,16,17)(H,18,19). The van der Waals surface area contributed by atoms with Crippen molar-refractivity contribution in [3.05, 3.63) is 46.1 Å². The molecule has 0 spiro atoms. The molecule has 2 aromatic rings. The molecule has 1 aromatic carbocycles. The van der Waals surface area contributed by atoms with Gasteiger partial charge in [0.25, 0.3) is 0 Å². The normalized spacial score (nSPS) is 10.2. The molecule has 2 rings (SSSR count). The van der Waals surface area contributed by atoms with Gasteiger partial charge in [-0.1, -0.05) is 0 Å². The Bertz CT molecular complexity index is 659. The molecule has 0 atom stereocenters. The number of halogens is 1. The van der Waals surface area contributed by atoms with Crippen LogP contribution in [0, 0.1) is 6.92 Å². The summed E-state index contributed by atoms with van der Waals surface area (Å²) in [5.74, 6) is 0.180. The fourth-order valence-electron chi connectivity index (χ4n) is 1.74. The van der Waals surface area contributed by atoms with Gasteiger partial charge in [-0.15, -0.1) is 0 Å². The first-order valence-electron chi connectivity index (χ1n) is 5.82. The Balaban J connectivity index is 2.32. The molecule has 0 aliphatic heterocycles. The van der Waals surface area contributed by atoms with Crippen LogP contribution in [0.1, 0.15) is 16.1 Å². The predicted molar refractivity (Wildman–Crippen MR) is 79.9 cm³/mol. The van der Waals surface area contributed by atoms with E-state index in [4.69, 9.17) is 9.84 Å². The molecule has 104 valence electrons. The van der Waals surface area contributed by atoms with Gasteiger partial charge in [0.05, 0.1) is 17.1 Å². The molecule has 0 saturated carbocycles. The number of benzene rings is 1. The van der Waals surface area contributed by atoms with Crippen LogP contribution in [-0.4, -0.2) is 23.2 Å². The molecule has 0 unspecified atom stereocenters. The van der Waals surface area contributed by atoms with Crippen molar-refractivity contribution in [1.82, 2.24) is 4.98 Å². The highest BCUT2D eigenvalue weighted by molar-refractivity contribution is 9.10. The van der Waals surface area contributed by atoms with Gasteiger partial charge in [0.1, 0.15) is 11.6 Å². The van der Waals surface area contributed by atoms with Gasteiger partial charge in [-0.2, -0.15) is 0 Å². The number of aryl methyl sites for hydroxylation is 1. The van der Waals surface area contributed by atoms with Crippen LogP contribution >= 0.6 is 15.9 Å². The van der Waals surface area contributed by atoms with Crippen molar-refractivity contribution in [2.75, 3.05) is 12.4 Å². The lowest BCUT2D eigenvalue weighted by Crippen LogP contribution is -2.02. The van der Waals surface area contributed by atoms with E-state index in [0.717, 1.165) is 10.2 Å². The Hall–Kier alpha value is -2.08. The molecule has 0 amide bonds. The van der Waals surface area contributed by atoms with Crippen molar-refractivity contribution < 1.29 is 14.6 Å². The Kier molecular flexibility index (Phi) is 4.24. The average Bonchev–Trinajstić information content (AvgIpc) is 2.40. The van der Waals surface area contributed by atoms with E-state index in [1.54, 1.807) is 20.1 Å². The number of nitrogens with one attached hydrogen (secondary N) is 1. The van der Waals surface area contributed by atoms with Crippen LogP contribution < -0.4 is 10.1 Å². The number of carbonyl (C=O) groups is 1. The topological polar surface area (TPSA) is 71.5 Å². The number of carboxylic acid groups (broad SMARTS) is 1. The molecule has 0 radical (unpaired) electrons. The number of pyridine rings is 1. The van der Waals surface area contributed by atoms with E-state index in [-0.39, 0.29) is 5.56 Å². The third kappa shape index (κ3) is 3.27. The number of hydrogen-bond donors (Lipinski definition) is 2. The Labute approximate surface area is 124 Å². The summed E-state index contributed by atoms with van der Waals surface area (Å²) in [6.07, 6.45) is 0. The van der Waals surface area contributed by atoms with E-state index < -0.39 is 5.97 Å². The van der Waals surface area contributed by atoms with E-state index in [1.165, 1.54) is 12.1 Å². The first-order valence-corrected chi connectivity index (χ1v) is 6.61. The highest BCUT2D eigenvalue weighted by Gasteiger charge is 2.08. The summed E-state index contributed by atoms with van der Waals surface area (Å²) >= 11 is 3.37. The van der Waals surface area contributed by atoms with E-state index in [1.807, 2.05) is 12.1 Å². The smallest absolute Gasteiger partial charge is 0.335 e. The van der Waals surface area contributed by atoms with Crippen LogP contribution in [0.15, 0.2) is 34.8 Å². The minimum Gasteiger partial charge on any atom is -0.495 e. The van der Waals surface area contributed by atoms with Gasteiger partial charge in [0, 0.05) is 17.4 Å². The second-order valence-corrected chi connectivity index (χ2v) is 5.02. The van der Waals surface area contributed by atoms with Crippen molar-refractivity contribution in [3.8, 4) is 5.75 Å². The van der Waals surface area contributed by atoms with Crippen LogP contribution in [0.3, 0.4) is 0 Å². The third-order valence-corrected chi connectivity index (χ3v) is 3.28. The summed E-state index contributed by atoms with van der Waals surface area (Å²) < 4.78 is 6.05. The maximum absolute atomic E-state index is 11.0. The van der Waals surface area contributed by atoms with Gasteiger partial charge in [0.15, 0.2) is 0 Å². The highest BCUT2D eigenvalue weighted by atomic mass is 79.9. The van der Waals surface area contributed by atoms with Gasteiger partial charge >= 0.3 is 5.97 Å². The van der Waals surface area contributed by atoms with E-state index in [0.29, 0.717) is 17.3 Å². The lowest BCUT2D eigenvalue weighted by atomic mass is 10.2. The third-order valence-electron chi connectivity index (χ3n) is 2.62. The summed E-state index contributed by atoms with van der Waals surface area (Å²) in [4.78, 5) is 15.3. The predicted octanol–water partition coefficient (Wildman–Crippen LogP) is 3.60. The molecule has 0 bridgehead atoms. The first-order chi connectivity index (χ1) is 9.49. The lowest BCUT2D eigenvalue weighted by Gasteiger charge is -2.10. The van der Waals surface area contributed by atoms with E-state index >= 15 is 0 Å². The Morgan fingerprint density at radius 2 is 2.10 bits per heavy atom. The average molecular weight is 337 g/mol. The molecule has 6 heteroatoms. The van der Waals surface area contributed by atoms with Crippen LogP contribution in [0.5, 0.6) is 5.75 Å². The van der Waals surface area contributed by atoms with Crippen LogP contribution in [0.4, 0.5) is 11.5 Å². The number of methoxy groups -OCH3 is 1. The molecular weight excluding hydrogens is 324 g/mol. The van der Waals surface area contributed by atoms with Crippen molar-refractivity contribution >= 4 is 33.4 Å². The number of aromatic carboxylic acids is 1. The van der Waals surface area contributed by atoms with Crippen molar-refractivity contribution in [2.24, 2.45) is 0 Å². The number of anilines is 2. The number of rotatable bonds is 4. The van der Waals surface area contributed by atoms with Gasteiger partial charge in [-0.25, -0.2) is 9.78 Å². The quantitative estimate of drug-likeness (QED) is 0.892. The number of nitrogens with zero attached hydrogens (tertiary/aromatic N) is 1. The van der Waals surface area contributed by atoms with Crippen LogP contribution in [-0.2, 0) is 0 Å². The number of carboxylic acids is 1. The molecule has 5 nitrogen and oxygen atoms in total. The van der Waals surface area contributed by atoms with Crippen LogP contribution in [0.25, 0.3) is 0 Å². The highest BCUT2D eigenvalue weighted by Crippen LogP contribution is 2.29. The second-order valence-electron chi connectivity index (χ2n) is 4.16. The summed E-state index contributed by atoms with van der Waals surface area (Å²) in [5.41, 5.74) is 1.60. The maximum Gasteiger partial charge on any atom is 0.335 e. The molecular formula is C14H13BrN2O3. The molecule has 0 fully saturated rings. The summed E-state index contributed by atoms with van der Waals surface area (Å²) in [6.45, 7) is 1.75. The minimum atomic E-state index is -0.980. The molecule has 1 heterocycles. The minimum absolute atomic E-state index is 0.198. The Morgan fingerprint density at radius 1 is 1.35 bits per heavy atom. The zero-order valence-corrected chi connectivity index (χ0v) is 12.6. The number of ether oxygens (including phenoxy) is 1. The van der Waals surface area contributed by atoms with Crippen molar-refractivity contribution in [1.29, 1.82) is 0 Å². The van der Waals surface area contributed by atoms with Gasteiger partial charge in [-0.05, 0) is 47.1 Å². The van der Waals surface area contributed by atoms with E-state index in [9.17, 15) is 4.79 Å². The lowest BCUT2D eigenvalue weighted by molar-refractivity contribution is 0.0696. The maximum atomic E-state index is 11.0. The largest absolute Gasteiger partial charge is 0.495 e. The fourth-order valence-corrected chi connectivity index (χ4v) is 2.15. The molecule has 1 aromatic heterocycles. The molecule has 0 aliphatic rings. The van der Waals surface area contributed by atoms with Gasteiger partial charge < -0.3 is 15.2 Å². The first kappa shape index (κ1) is 14.3. The zero-order valence-electron chi connectivity index (χ0n) is 11.0. The number of hydrogen-bond acceptors (Lipinski definition) is 4. The number of aromatic nitrogens is 1. The molecule has 2 N–H and O–H groups in total. The van der Waals surface area contributed by atoms with Crippen molar-refractivity contribution in [2.45, 2.75) is 6.92 Å². The summed E-state index contributed by atoms with van der Waals surface area (Å²) in [7, 11) is 1.58. The SMILES string of the molecule is COc1cc(Nc2cc(C(=O)O)cc(C)n2)ccc1Br. The zero-order chi connectivity index (χ0) is 14.7. The molecule has 20 heavy (non-hydrogen) atoms. The summed E-state index contributed by atoms with van der Waals surface area (Å²) in [6, 6.07) is 8.50. The monoisotopic (exact) mass is 336 g/mol. The van der Waals surface area contributed by atoms with Crippen molar-refractivity contribution in [3.63, 3.8) is 0 Å².